The van der Waals surface area contributed by atoms with E-state index in [4.69, 9.17) is 4.43 Å². The van der Waals surface area contributed by atoms with Crippen molar-refractivity contribution < 1.29 is 9.22 Å². The van der Waals surface area contributed by atoms with Crippen LogP contribution in [-0.4, -0.2) is 14.3 Å². The van der Waals surface area contributed by atoms with Crippen LogP contribution in [0.2, 0.25) is 16.1 Å². The van der Waals surface area contributed by atoms with Gasteiger partial charge in [-0.15, -0.1) is 0 Å². The number of hydrogen-bond acceptors (Lipinski definition) is 2. The second-order valence-corrected chi connectivity index (χ2v) is 12.0. The smallest absolute Gasteiger partial charge is 0.316 e. The third-order valence-electron chi connectivity index (χ3n) is 5.58. The molecule has 0 aliphatic heterocycles. The lowest BCUT2D eigenvalue weighted by atomic mass is 9.99. The molecular formula is C17H34O2Si. The normalized spacial score (nSPS) is 18.2. The third-order valence-corrected chi connectivity index (χ3v) is 12.5. The Morgan fingerprint density at radius 3 is 1.80 bits per heavy atom. The average molecular weight is 299 g/mol. The highest BCUT2D eigenvalue weighted by Crippen LogP contribution is 2.57. The molecule has 0 aromatic rings. The van der Waals surface area contributed by atoms with E-state index in [1.165, 1.54) is 6.08 Å². The van der Waals surface area contributed by atoms with E-state index in [9.17, 15) is 4.79 Å². The molecule has 2 nitrogen and oxygen atoms in total. The molecule has 0 aromatic carbocycles. The summed E-state index contributed by atoms with van der Waals surface area (Å²) in [6, 6.07) is 0. The lowest BCUT2D eigenvalue weighted by molar-refractivity contribution is -0.130. The number of carbonyl (C=O) groups excluding carboxylic acids is 1. The molecule has 0 N–H and O–H groups in total. The van der Waals surface area contributed by atoms with Crippen molar-refractivity contribution in [3.63, 3.8) is 0 Å². The van der Waals surface area contributed by atoms with Gasteiger partial charge in [-0.3, -0.25) is 0 Å². The maximum absolute atomic E-state index is 12.0. The van der Waals surface area contributed by atoms with E-state index in [0.29, 0.717) is 17.0 Å². The quantitative estimate of drug-likeness (QED) is 0.424. The molecule has 0 saturated heterocycles. The van der Waals surface area contributed by atoms with Crippen LogP contribution in [-0.2, 0) is 9.22 Å². The van der Waals surface area contributed by atoms with E-state index in [-0.39, 0.29) is 11.0 Å². The van der Waals surface area contributed by atoms with E-state index >= 15 is 0 Å². The van der Waals surface area contributed by atoms with E-state index in [2.05, 4.69) is 62.0 Å². The Hall–Kier alpha value is -0.573. The number of carbonyl (C=O) groups is 1. The van der Waals surface area contributed by atoms with Crippen LogP contribution < -0.4 is 0 Å². The average Bonchev–Trinajstić information content (AvgIpc) is 2.41. The summed E-state index contributed by atoms with van der Waals surface area (Å²) in [5.74, 6) is 0.237. The highest BCUT2D eigenvalue weighted by Gasteiger charge is 2.59. The standard InChI is InChI=1S/C17H34O2Si/c1-10-14(6)20(15(7)11-2,19-16(18)12-3)17(8,9)13(4)5/h12-15H,3,10-11H2,1-2,4-9H3. The summed E-state index contributed by atoms with van der Waals surface area (Å²) in [5.41, 5.74) is 0.887. The van der Waals surface area contributed by atoms with Gasteiger partial charge in [0.2, 0.25) is 0 Å². The van der Waals surface area contributed by atoms with Gasteiger partial charge in [0, 0.05) is 6.08 Å². The molecule has 0 aliphatic carbocycles. The largest absolute Gasteiger partial charge is 0.515 e. The fraction of sp³-hybridized carbons (Fsp3) is 0.824. The van der Waals surface area contributed by atoms with Crippen molar-refractivity contribution in [1.29, 1.82) is 0 Å². The molecule has 0 heterocycles. The Balaban J connectivity index is 6.04. The van der Waals surface area contributed by atoms with Crippen LogP contribution in [0.4, 0.5) is 0 Å². The molecule has 0 radical (unpaired) electrons. The molecule has 0 aliphatic rings. The number of rotatable bonds is 8. The Bertz CT molecular complexity index is 324. The van der Waals surface area contributed by atoms with Crippen LogP contribution in [0.15, 0.2) is 12.7 Å². The van der Waals surface area contributed by atoms with Gasteiger partial charge in [0.05, 0.1) is 0 Å². The van der Waals surface area contributed by atoms with Gasteiger partial charge in [-0.1, -0.05) is 74.8 Å². The summed E-state index contributed by atoms with van der Waals surface area (Å²) < 4.78 is 6.20. The zero-order valence-corrected chi connectivity index (χ0v) is 15.7. The molecule has 20 heavy (non-hydrogen) atoms. The predicted molar refractivity (Wildman–Crippen MR) is 90.4 cm³/mol. The Morgan fingerprint density at radius 1 is 1.15 bits per heavy atom. The summed E-state index contributed by atoms with van der Waals surface area (Å²) in [7, 11) is -2.30. The minimum absolute atomic E-state index is 0.0382. The first-order valence-electron chi connectivity index (χ1n) is 7.97. The fourth-order valence-electron chi connectivity index (χ4n) is 3.35. The molecule has 0 amide bonds. The summed E-state index contributed by atoms with van der Waals surface area (Å²) in [5, 5.41) is 0.0382. The maximum atomic E-state index is 12.0. The van der Waals surface area contributed by atoms with Crippen molar-refractivity contribution in [3.05, 3.63) is 12.7 Å². The molecule has 2 unspecified atom stereocenters. The van der Waals surface area contributed by atoms with Gasteiger partial charge in [-0.05, 0) is 22.0 Å². The Labute approximate surface area is 127 Å². The molecule has 0 spiro atoms. The van der Waals surface area contributed by atoms with Crippen LogP contribution in [0.3, 0.4) is 0 Å². The summed E-state index contributed by atoms with van der Waals surface area (Å²) in [6.07, 6.45) is 3.43. The van der Waals surface area contributed by atoms with Crippen LogP contribution in [0.25, 0.3) is 0 Å². The second-order valence-electron chi connectivity index (χ2n) is 6.91. The third kappa shape index (κ3) is 3.36. The van der Waals surface area contributed by atoms with Crippen molar-refractivity contribution >= 4 is 14.3 Å². The van der Waals surface area contributed by atoms with Gasteiger partial charge in [0.25, 0.3) is 8.32 Å². The zero-order chi connectivity index (χ0) is 16.1. The van der Waals surface area contributed by atoms with Gasteiger partial charge in [-0.25, -0.2) is 4.79 Å². The molecular weight excluding hydrogens is 264 g/mol. The van der Waals surface area contributed by atoms with Gasteiger partial charge >= 0.3 is 5.97 Å². The van der Waals surface area contributed by atoms with Gasteiger partial charge in [0.15, 0.2) is 0 Å². The van der Waals surface area contributed by atoms with E-state index in [0.717, 1.165) is 12.8 Å². The highest BCUT2D eigenvalue weighted by atomic mass is 28.4. The van der Waals surface area contributed by atoms with Crippen molar-refractivity contribution in [2.75, 3.05) is 0 Å². The van der Waals surface area contributed by atoms with Gasteiger partial charge in [0.1, 0.15) is 0 Å². The Morgan fingerprint density at radius 2 is 1.55 bits per heavy atom. The lowest BCUT2D eigenvalue weighted by Crippen LogP contribution is -2.57. The predicted octanol–water partition coefficient (Wildman–Crippen LogP) is 5.70. The molecule has 0 bridgehead atoms. The molecule has 2 atom stereocenters. The van der Waals surface area contributed by atoms with Crippen LogP contribution in [0.1, 0.15) is 68.2 Å². The summed E-state index contributed by atoms with van der Waals surface area (Å²) in [4.78, 5) is 12.0. The minimum atomic E-state index is -2.30. The molecule has 3 heteroatoms. The summed E-state index contributed by atoms with van der Waals surface area (Å²) in [6.45, 7) is 21.6. The first-order chi connectivity index (χ1) is 9.11. The Kier molecular flexibility index (Phi) is 7.23. The second kappa shape index (κ2) is 7.44. The van der Waals surface area contributed by atoms with E-state index in [1.54, 1.807) is 0 Å². The minimum Gasteiger partial charge on any atom is -0.515 e. The molecule has 118 valence electrons. The molecule has 0 rings (SSSR count). The van der Waals surface area contributed by atoms with Gasteiger partial charge < -0.3 is 4.43 Å². The molecule has 0 aromatic heterocycles. The van der Waals surface area contributed by atoms with Crippen LogP contribution in [0, 0.1) is 5.92 Å². The fourth-order valence-corrected chi connectivity index (χ4v) is 10.1. The molecule has 0 saturated carbocycles. The first kappa shape index (κ1) is 19.4. The number of hydrogen-bond donors (Lipinski definition) is 0. The SMILES string of the molecule is C=CC(=O)O[Si](C(C)CC)(C(C)CC)C(C)(C)C(C)C. The zero-order valence-electron chi connectivity index (χ0n) is 14.7. The van der Waals surface area contributed by atoms with Crippen molar-refractivity contribution in [2.24, 2.45) is 5.92 Å². The van der Waals surface area contributed by atoms with E-state index < -0.39 is 8.32 Å². The van der Waals surface area contributed by atoms with Crippen LogP contribution in [0.5, 0.6) is 0 Å². The maximum Gasteiger partial charge on any atom is 0.316 e. The van der Waals surface area contributed by atoms with Crippen molar-refractivity contribution in [3.8, 4) is 0 Å². The topological polar surface area (TPSA) is 26.3 Å². The van der Waals surface area contributed by atoms with Crippen molar-refractivity contribution in [1.82, 2.24) is 0 Å². The lowest BCUT2D eigenvalue weighted by Gasteiger charge is -2.52. The van der Waals surface area contributed by atoms with Crippen LogP contribution >= 0.6 is 0 Å². The van der Waals surface area contributed by atoms with E-state index in [1.807, 2.05) is 0 Å². The first-order valence-corrected chi connectivity index (χ1v) is 10.0. The summed E-state index contributed by atoms with van der Waals surface area (Å²) >= 11 is 0. The van der Waals surface area contributed by atoms with Gasteiger partial charge in [-0.2, -0.15) is 0 Å². The monoisotopic (exact) mass is 298 g/mol. The van der Waals surface area contributed by atoms with Crippen molar-refractivity contribution in [2.45, 2.75) is 84.4 Å². The molecule has 0 fully saturated rings. The highest BCUT2D eigenvalue weighted by molar-refractivity contribution is 6.80.